The van der Waals surface area contributed by atoms with E-state index in [-0.39, 0.29) is 17.1 Å². The Balaban J connectivity index is 1.52. The zero-order chi connectivity index (χ0) is 23.3. The number of halogens is 3. The summed E-state index contributed by atoms with van der Waals surface area (Å²) in [6.07, 6.45) is -3.30. The number of anilines is 2. The van der Waals surface area contributed by atoms with Crippen LogP contribution in [0.25, 0.3) is 0 Å². The van der Waals surface area contributed by atoms with Crippen molar-refractivity contribution in [2.45, 2.75) is 59.4 Å². The summed E-state index contributed by atoms with van der Waals surface area (Å²) < 4.78 is 41.1. The molecule has 9 heteroatoms. The predicted octanol–water partition coefficient (Wildman–Crippen LogP) is 5.18. The van der Waals surface area contributed by atoms with Crippen molar-refractivity contribution >= 4 is 17.5 Å². The van der Waals surface area contributed by atoms with Crippen molar-refractivity contribution in [2.75, 3.05) is 16.8 Å². The molecule has 2 atom stereocenters. The SMILES string of the molecule is Cc1nc2c(nc1NC(=O)CC(C)(C)C)C1CC1CN2Cc1ccc(OC(F)(F)F)cc1. The number of hydrogen-bond donors (Lipinski definition) is 1. The van der Waals surface area contributed by atoms with Crippen LogP contribution in [0, 0.1) is 18.3 Å². The van der Waals surface area contributed by atoms with Gasteiger partial charge in [0.15, 0.2) is 11.6 Å². The second-order valence-corrected chi connectivity index (χ2v) is 9.83. The van der Waals surface area contributed by atoms with E-state index in [4.69, 9.17) is 9.97 Å². The largest absolute Gasteiger partial charge is 0.573 e. The van der Waals surface area contributed by atoms with Crippen LogP contribution < -0.4 is 15.0 Å². The monoisotopic (exact) mass is 448 g/mol. The van der Waals surface area contributed by atoms with E-state index in [0.29, 0.717) is 36.3 Å². The highest BCUT2D eigenvalue weighted by molar-refractivity contribution is 5.90. The average Bonchev–Trinajstić information content (AvgIpc) is 3.41. The zero-order valence-corrected chi connectivity index (χ0v) is 18.6. The maximum atomic E-state index is 12.4. The van der Waals surface area contributed by atoms with Gasteiger partial charge in [-0.25, -0.2) is 9.97 Å². The summed E-state index contributed by atoms with van der Waals surface area (Å²) in [7, 11) is 0. The summed E-state index contributed by atoms with van der Waals surface area (Å²) in [6, 6.07) is 5.89. The highest BCUT2D eigenvalue weighted by Gasteiger charge is 2.47. The van der Waals surface area contributed by atoms with Crippen LogP contribution in [-0.2, 0) is 11.3 Å². The van der Waals surface area contributed by atoms with Crippen LogP contribution in [0.2, 0.25) is 0 Å². The number of fused-ring (bicyclic) bond motifs is 3. The van der Waals surface area contributed by atoms with Crippen LogP contribution in [0.3, 0.4) is 0 Å². The minimum Gasteiger partial charge on any atom is -0.406 e. The molecule has 2 aromatic rings. The third-order valence-corrected chi connectivity index (χ3v) is 5.58. The Hall–Kier alpha value is -2.84. The smallest absolute Gasteiger partial charge is 0.406 e. The van der Waals surface area contributed by atoms with E-state index < -0.39 is 6.36 Å². The van der Waals surface area contributed by atoms with Crippen LogP contribution in [0.5, 0.6) is 5.75 Å². The van der Waals surface area contributed by atoms with Gasteiger partial charge in [-0.3, -0.25) is 4.79 Å². The quantitative estimate of drug-likeness (QED) is 0.683. The van der Waals surface area contributed by atoms with Gasteiger partial charge in [0, 0.05) is 25.4 Å². The molecule has 0 saturated heterocycles. The summed E-state index contributed by atoms with van der Waals surface area (Å²) in [5.74, 6) is 1.77. The van der Waals surface area contributed by atoms with E-state index in [2.05, 4.69) is 15.0 Å². The van der Waals surface area contributed by atoms with Crippen molar-refractivity contribution in [1.82, 2.24) is 9.97 Å². The number of rotatable bonds is 5. The number of amides is 1. The van der Waals surface area contributed by atoms with E-state index in [0.717, 1.165) is 30.0 Å². The first-order valence-electron chi connectivity index (χ1n) is 10.7. The van der Waals surface area contributed by atoms with Gasteiger partial charge in [0.25, 0.3) is 0 Å². The molecule has 1 fully saturated rings. The minimum atomic E-state index is -4.71. The third-order valence-electron chi connectivity index (χ3n) is 5.58. The lowest BCUT2D eigenvalue weighted by Crippen LogP contribution is -2.31. The number of aryl methyl sites for hydroxylation is 1. The van der Waals surface area contributed by atoms with Crippen molar-refractivity contribution in [3.63, 3.8) is 0 Å². The first-order chi connectivity index (χ1) is 14.9. The van der Waals surface area contributed by atoms with E-state index in [1.54, 1.807) is 12.1 Å². The number of nitrogens with one attached hydrogen (secondary N) is 1. The van der Waals surface area contributed by atoms with Gasteiger partial charge < -0.3 is 15.0 Å². The van der Waals surface area contributed by atoms with E-state index in [1.165, 1.54) is 12.1 Å². The van der Waals surface area contributed by atoms with Crippen LogP contribution in [0.1, 0.15) is 56.5 Å². The number of alkyl halides is 3. The molecule has 2 aliphatic rings. The van der Waals surface area contributed by atoms with Crippen molar-refractivity contribution in [3.05, 3.63) is 41.2 Å². The number of ether oxygens (including phenoxy) is 1. The highest BCUT2D eigenvalue weighted by Crippen LogP contribution is 2.54. The number of carbonyl (C=O) groups is 1. The number of nitrogens with zero attached hydrogens (tertiary/aromatic N) is 3. The maximum absolute atomic E-state index is 12.4. The van der Waals surface area contributed by atoms with Gasteiger partial charge in [-0.15, -0.1) is 13.2 Å². The predicted molar refractivity (Wildman–Crippen MR) is 114 cm³/mol. The second-order valence-electron chi connectivity index (χ2n) is 9.83. The molecule has 2 heterocycles. The maximum Gasteiger partial charge on any atom is 0.573 e. The van der Waals surface area contributed by atoms with Crippen molar-refractivity contribution < 1.29 is 22.7 Å². The lowest BCUT2D eigenvalue weighted by molar-refractivity contribution is -0.274. The fourth-order valence-electron chi connectivity index (χ4n) is 4.09. The number of benzene rings is 1. The first kappa shape index (κ1) is 22.4. The molecular formula is C23H27F3N4O2. The third kappa shape index (κ3) is 5.31. The molecule has 172 valence electrons. The van der Waals surface area contributed by atoms with Gasteiger partial charge in [0.2, 0.25) is 5.91 Å². The van der Waals surface area contributed by atoms with Gasteiger partial charge in [-0.05, 0) is 42.4 Å². The number of aromatic nitrogens is 2. The summed E-state index contributed by atoms with van der Waals surface area (Å²) in [5, 5.41) is 2.91. The Labute approximate surface area is 185 Å². The Bertz CT molecular complexity index is 1020. The van der Waals surface area contributed by atoms with Crippen LogP contribution >= 0.6 is 0 Å². The Morgan fingerprint density at radius 1 is 1.19 bits per heavy atom. The molecule has 1 aliphatic heterocycles. The number of hydrogen-bond acceptors (Lipinski definition) is 5. The molecule has 1 N–H and O–H groups in total. The van der Waals surface area contributed by atoms with Gasteiger partial charge in [0.05, 0.1) is 11.4 Å². The van der Waals surface area contributed by atoms with E-state index in [9.17, 15) is 18.0 Å². The summed E-state index contributed by atoms with van der Waals surface area (Å²) >= 11 is 0. The van der Waals surface area contributed by atoms with Gasteiger partial charge in [-0.2, -0.15) is 0 Å². The van der Waals surface area contributed by atoms with Crippen LogP contribution in [0.4, 0.5) is 24.8 Å². The summed E-state index contributed by atoms with van der Waals surface area (Å²) in [4.78, 5) is 24.0. The molecule has 1 aromatic heterocycles. The fraction of sp³-hybridized carbons (Fsp3) is 0.522. The molecule has 0 bridgehead atoms. The standard InChI is InChI=1S/C23H27F3N4O2/c1-13-20(28-18(31)10-22(2,3)4)29-19-17-9-15(17)12-30(21(19)27-13)11-14-5-7-16(8-6-14)32-23(24,25)26/h5-8,15,17H,9-12H2,1-4H3,(H,28,29,31). The van der Waals surface area contributed by atoms with Gasteiger partial charge in [-0.1, -0.05) is 32.9 Å². The molecule has 0 radical (unpaired) electrons. The molecule has 2 unspecified atom stereocenters. The van der Waals surface area contributed by atoms with Crippen LogP contribution in [0.15, 0.2) is 24.3 Å². The topological polar surface area (TPSA) is 67.4 Å². The van der Waals surface area contributed by atoms with Gasteiger partial charge >= 0.3 is 6.36 Å². The molecular weight excluding hydrogens is 421 g/mol. The first-order valence-corrected chi connectivity index (χ1v) is 10.7. The van der Waals surface area contributed by atoms with Crippen molar-refractivity contribution in [2.24, 2.45) is 11.3 Å². The fourth-order valence-corrected chi connectivity index (χ4v) is 4.09. The Morgan fingerprint density at radius 3 is 2.50 bits per heavy atom. The zero-order valence-electron chi connectivity index (χ0n) is 18.6. The second kappa shape index (κ2) is 7.94. The summed E-state index contributed by atoms with van der Waals surface area (Å²) in [5.41, 5.74) is 2.25. The Morgan fingerprint density at radius 2 is 1.88 bits per heavy atom. The minimum absolute atomic E-state index is 0.0870. The molecule has 1 amide bonds. The molecule has 6 nitrogen and oxygen atoms in total. The molecule has 4 rings (SSSR count). The normalized spacial score (nSPS) is 19.8. The van der Waals surface area contributed by atoms with E-state index >= 15 is 0 Å². The molecule has 0 spiro atoms. The lowest BCUT2D eigenvalue weighted by atomic mass is 9.92. The summed E-state index contributed by atoms with van der Waals surface area (Å²) in [6.45, 7) is 9.17. The molecule has 1 saturated carbocycles. The lowest BCUT2D eigenvalue weighted by Gasteiger charge is -2.30. The van der Waals surface area contributed by atoms with E-state index in [1.807, 2.05) is 27.7 Å². The highest BCUT2D eigenvalue weighted by atomic mass is 19.4. The molecule has 1 aliphatic carbocycles. The van der Waals surface area contributed by atoms with Crippen molar-refractivity contribution in [1.29, 1.82) is 0 Å². The Kier molecular flexibility index (Phi) is 5.55. The molecule has 32 heavy (non-hydrogen) atoms. The van der Waals surface area contributed by atoms with Gasteiger partial charge in [0.1, 0.15) is 5.75 Å². The molecule has 1 aromatic carbocycles. The van der Waals surface area contributed by atoms with Crippen LogP contribution in [-0.4, -0.2) is 28.8 Å². The number of carbonyl (C=O) groups excluding carboxylic acids is 1. The average molecular weight is 448 g/mol. The van der Waals surface area contributed by atoms with Crippen molar-refractivity contribution in [3.8, 4) is 5.75 Å².